The summed E-state index contributed by atoms with van der Waals surface area (Å²) in [5.41, 5.74) is 0.0103. The van der Waals surface area contributed by atoms with E-state index in [4.69, 9.17) is 4.52 Å². The van der Waals surface area contributed by atoms with Crippen LogP contribution >= 0.6 is 22.6 Å². The van der Waals surface area contributed by atoms with Crippen molar-refractivity contribution < 1.29 is 4.52 Å². The Morgan fingerprint density at radius 3 is 2.55 bits per heavy atom. The van der Waals surface area contributed by atoms with Crippen LogP contribution in [0.15, 0.2) is 4.52 Å². The van der Waals surface area contributed by atoms with E-state index in [0.717, 1.165) is 12.3 Å². The maximum Gasteiger partial charge on any atom is 0.232 e. The molecular formula is C7H11IN2O. The largest absolute Gasteiger partial charge is 0.338 e. The standard InChI is InChI=1S/C7H11IN2O/c1-4-7(2,3)5-9-6(8)10-11-5/h4H2,1-3H3. The predicted molar refractivity (Wildman–Crippen MR) is 50.3 cm³/mol. The second kappa shape index (κ2) is 3.08. The van der Waals surface area contributed by atoms with Crippen LogP contribution in [0.1, 0.15) is 33.1 Å². The first kappa shape index (κ1) is 8.96. The number of aromatic nitrogens is 2. The second-order valence-corrected chi connectivity index (χ2v) is 4.07. The number of nitrogens with zero attached hydrogens (tertiary/aromatic N) is 2. The topological polar surface area (TPSA) is 38.9 Å². The third-order valence-electron chi connectivity index (χ3n) is 1.86. The molecule has 0 amide bonds. The fourth-order valence-corrected chi connectivity index (χ4v) is 0.949. The maximum absolute atomic E-state index is 5.05. The van der Waals surface area contributed by atoms with Crippen LogP contribution in [0, 0.1) is 3.83 Å². The van der Waals surface area contributed by atoms with Crippen molar-refractivity contribution in [3.05, 3.63) is 9.72 Å². The van der Waals surface area contributed by atoms with Crippen molar-refractivity contribution in [3.8, 4) is 0 Å². The lowest BCUT2D eigenvalue weighted by molar-refractivity contribution is 0.300. The number of rotatable bonds is 2. The summed E-state index contributed by atoms with van der Waals surface area (Å²) < 4.78 is 5.73. The second-order valence-electron chi connectivity index (χ2n) is 3.11. The van der Waals surface area contributed by atoms with Crippen molar-refractivity contribution in [2.24, 2.45) is 0 Å². The third kappa shape index (κ3) is 1.91. The van der Waals surface area contributed by atoms with Gasteiger partial charge in [0.1, 0.15) is 0 Å². The van der Waals surface area contributed by atoms with Crippen molar-refractivity contribution in [1.82, 2.24) is 10.1 Å². The summed E-state index contributed by atoms with van der Waals surface area (Å²) in [6.07, 6.45) is 1.01. The van der Waals surface area contributed by atoms with Gasteiger partial charge < -0.3 is 4.52 Å². The molecule has 1 heterocycles. The first-order valence-electron chi connectivity index (χ1n) is 3.56. The molecule has 0 radical (unpaired) electrons. The van der Waals surface area contributed by atoms with Gasteiger partial charge in [-0.3, -0.25) is 0 Å². The Bertz CT molecular complexity index is 244. The zero-order chi connectivity index (χ0) is 8.48. The zero-order valence-corrected chi connectivity index (χ0v) is 9.05. The normalized spacial score (nSPS) is 12.0. The van der Waals surface area contributed by atoms with E-state index >= 15 is 0 Å². The molecule has 0 aromatic carbocycles. The molecule has 0 atom stereocenters. The molecule has 0 aliphatic heterocycles. The van der Waals surface area contributed by atoms with Crippen LogP contribution in [0.5, 0.6) is 0 Å². The molecule has 0 bridgehead atoms. The fourth-order valence-electron chi connectivity index (χ4n) is 0.632. The predicted octanol–water partition coefficient (Wildman–Crippen LogP) is 2.36. The molecule has 0 N–H and O–H groups in total. The lowest BCUT2D eigenvalue weighted by Gasteiger charge is -2.15. The Morgan fingerprint density at radius 2 is 2.18 bits per heavy atom. The van der Waals surface area contributed by atoms with Crippen LogP contribution in [0.25, 0.3) is 0 Å². The number of halogens is 1. The Balaban J connectivity index is 2.92. The highest BCUT2D eigenvalue weighted by Gasteiger charge is 2.24. The van der Waals surface area contributed by atoms with Crippen LogP contribution < -0.4 is 0 Å². The average Bonchev–Trinajstić information content (AvgIpc) is 2.36. The molecule has 0 spiro atoms. The molecule has 0 aliphatic carbocycles. The van der Waals surface area contributed by atoms with Crippen LogP contribution in [0.3, 0.4) is 0 Å². The molecule has 11 heavy (non-hydrogen) atoms. The Kier molecular flexibility index (Phi) is 2.51. The molecule has 1 aromatic rings. The summed E-state index contributed by atoms with van der Waals surface area (Å²) in [5, 5.41) is 3.73. The van der Waals surface area contributed by atoms with E-state index in [0.29, 0.717) is 3.83 Å². The summed E-state index contributed by atoms with van der Waals surface area (Å²) >= 11 is 2.04. The van der Waals surface area contributed by atoms with Crippen molar-refractivity contribution >= 4 is 22.6 Å². The van der Waals surface area contributed by atoms with Gasteiger partial charge in [-0.15, -0.1) is 0 Å². The molecule has 3 nitrogen and oxygen atoms in total. The Morgan fingerprint density at radius 1 is 1.55 bits per heavy atom. The van der Waals surface area contributed by atoms with Gasteiger partial charge in [-0.1, -0.05) is 25.9 Å². The minimum atomic E-state index is 0.0103. The van der Waals surface area contributed by atoms with Crippen LogP contribution in [0.4, 0.5) is 0 Å². The molecule has 4 heteroatoms. The summed E-state index contributed by atoms with van der Waals surface area (Å²) in [5.74, 6) is 0.726. The molecule has 1 rings (SSSR count). The van der Waals surface area contributed by atoms with Crippen molar-refractivity contribution in [1.29, 1.82) is 0 Å². The van der Waals surface area contributed by atoms with Gasteiger partial charge in [0.15, 0.2) is 0 Å². The highest BCUT2D eigenvalue weighted by molar-refractivity contribution is 14.1. The van der Waals surface area contributed by atoms with Crippen LogP contribution in [0.2, 0.25) is 0 Å². The van der Waals surface area contributed by atoms with Crippen LogP contribution in [-0.4, -0.2) is 10.1 Å². The van der Waals surface area contributed by atoms with Gasteiger partial charge in [0, 0.05) is 28.0 Å². The monoisotopic (exact) mass is 266 g/mol. The van der Waals surface area contributed by atoms with Gasteiger partial charge in [-0.05, 0) is 6.42 Å². The minimum Gasteiger partial charge on any atom is -0.338 e. The summed E-state index contributed by atoms with van der Waals surface area (Å²) in [6.45, 7) is 6.30. The van der Waals surface area contributed by atoms with Gasteiger partial charge in [0.25, 0.3) is 0 Å². The van der Waals surface area contributed by atoms with E-state index in [1.54, 1.807) is 0 Å². The third-order valence-corrected chi connectivity index (χ3v) is 2.30. The van der Waals surface area contributed by atoms with Crippen LogP contribution in [-0.2, 0) is 5.41 Å². The minimum absolute atomic E-state index is 0.0103. The van der Waals surface area contributed by atoms with Gasteiger partial charge in [0.2, 0.25) is 9.72 Å². The average molecular weight is 266 g/mol. The Hall–Kier alpha value is -0.130. The first-order chi connectivity index (χ1) is 5.06. The molecule has 0 saturated carbocycles. The summed E-state index contributed by atoms with van der Waals surface area (Å²) in [7, 11) is 0. The molecule has 0 unspecified atom stereocenters. The lowest BCUT2D eigenvalue weighted by atomic mass is 9.90. The summed E-state index contributed by atoms with van der Waals surface area (Å²) in [6, 6.07) is 0. The maximum atomic E-state index is 5.05. The van der Waals surface area contributed by atoms with E-state index in [9.17, 15) is 0 Å². The Labute approximate surface area is 79.7 Å². The molecule has 0 saturated heterocycles. The van der Waals surface area contributed by atoms with Gasteiger partial charge in [-0.25, -0.2) is 0 Å². The first-order valence-corrected chi connectivity index (χ1v) is 4.64. The smallest absolute Gasteiger partial charge is 0.232 e. The van der Waals surface area contributed by atoms with Gasteiger partial charge in [0.05, 0.1) is 0 Å². The number of hydrogen-bond acceptors (Lipinski definition) is 3. The number of hydrogen-bond donors (Lipinski definition) is 0. The molecule has 1 aromatic heterocycles. The molecule has 0 fully saturated rings. The van der Waals surface area contributed by atoms with E-state index in [-0.39, 0.29) is 5.41 Å². The SMILES string of the molecule is CCC(C)(C)c1nc(I)no1. The van der Waals surface area contributed by atoms with E-state index < -0.39 is 0 Å². The summed E-state index contributed by atoms with van der Waals surface area (Å²) in [4.78, 5) is 4.16. The van der Waals surface area contributed by atoms with E-state index in [1.807, 2.05) is 22.6 Å². The quantitative estimate of drug-likeness (QED) is 0.771. The van der Waals surface area contributed by atoms with E-state index in [1.165, 1.54) is 0 Å². The zero-order valence-electron chi connectivity index (χ0n) is 6.89. The van der Waals surface area contributed by atoms with Crippen molar-refractivity contribution in [2.45, 2.75) is 32.6 Å². The van der Waals surface area contributed by atoms with Gasteiger partial charge in [-0.2, -0.15) is 4.98 Å². The molecule has 0 aliphatic rings. The molecule has 62 valence electrons. The van der Waals surface area contributed by atoms with Crippen molar-refractivity contribution in [3.63, 3.8) is 0 Å². The van der Waals surface area contributed by atoms with Gasteiger partial charge >= 0.3 is 0 Å². The van der Waals surface area contributed by atoms with E-state index in [2.05, 4.69) is 30.9 Å². The highest BCUT2D eigenvalue weighted by Crippen LogP contribution is 2.24. The van der Waals surface area contributed by atoms with Crippen molar-refractivity contribution in [2.75, 3.05) is 0 Å². The fraction of sp³-hybridized carbons (Fsp3) is 0.714. The molecular weight excluding hydrogens is 255 g/mol. The lowest BCUT2D eigenvalue weighted by Crippen LogP contribution is -2.15. The highest BCUT2D eigenvalue weighted by atomic mass is 127.